The number of ether oxygens (including phenoxy) is 2. The van der Waals surface area contributed by atoms with E-state index in [0.717, 1.165) is 48.9 Å². The maximum atomic E-state index is 5.59. The van der Waals surface area contributed by atoms with Crippen LogP contribution in [0.3, 0.4) is 0 Å². The first kappa shape index (κ1) is 20.4. The van der Waals surface area contributed by atoms with Crippen LogP contribution in [-0.2, 0) is 24.4 Å². The number of aryl methyl sites for hydroxylation is 1. The molecular formula is C20H32N4O2. The summed E-state index contributed by atoms with van der Waals surface area (Å²) < 4.78 is 11.1. The topological polar surface area (TPSA) is 53.6 Å². The van der Waals surface area contributed by atoms with Crippen molar-refractivity contribution in [2.24, 2.45) is 0 Å². The molecule has 2 aromatic rings. The molecular weight excluding hydrogens is 328 g/mol. The standard InChI is InChI=1S/C20H32N4O2/c1-6-26-14-18-11-17(7-8-20(18)25-5)12-24(10-9-23(3)4)13-19-16(2)21-15-22-19/h7-8,11,15H,6,9-10,12-14H2,1-5H3,(H,21,22). The second kappa shape index (κ2) is 10.3. The van der Waals surface area contributed by atoms with Crippen LogP contribution in [0.5, 0.6) is 5.75 Å². The molecule has 144 valence electrons. The van der Waals surface area contributed by atoms with Gasteiger partial charge in [-0.1, -0.05) is 6.07 Å². The summed E-state index contributed by atoms with van der Waals surface area (Å²) in [5, 5.41) is 0. The molecule has 1 N–H and O–H groups in total. The molecule has 26 heavy (non-hydrogen) atoms. The zero-order valence-electron chi connectivity index (χ0n) is 16.7. The number of rotatable bonds is 11. The quantitative estimate of drug-likeness (QED) is 0.668. The van der Waals surface area contributed by atoms with Gasteiger partial charge in [0.15, 0.2) is 0 Å². The molecule has 0 aliphatic heterocycles. The number of likely N-dealkylation sites (N-methyl/N-ethyl adjacent to an activating group) is 1. The van der Waals surface area contributed by atoms with Crippen LogP contribution < -0.4 is 4.74 Å². The fraction of sp³-hybridized carbons (Fsp3) is 0.550. The zero-order chi connectivity index (χ0) is 18.9. The average Bonchev–Trinajstić information content (AvgIpc) is 3.02. The van der Waals surface area contributed by atoms with Gasteiger partial charge in [0.05, 0.1) is 25.7 Å². The van der Waals surface area contributed by atoms with Crippen molar-refractivity contribution in [2.75, 3.05) is 40.9 Å². The van der Waals surface area contributed by atoms with Crippen LogP contribution in [0, 0.1) is 6.92 Å². The summed E-state index contributed by atoms with van der Waals surface area (Å²) in [6.07, 6.45) is 1.77. The lowest BCUT2D eigenvalue weighted by molar-refractivity contribution is 0.132. The molecule has 0 bridgehead atoms. The molecule has 1 aromatic heterocycles. The van der Waals surface area contributed by atoms with Crippen molar-refractivity contribution < 1.29 is 9.47 Å². The van der Waals surface area contributed by atoms with Crippen LogP contribution in [0.25, 0.3) is 0 Å². The van der Waals surface area contributed by atoms with Gasteiger partial charge < -0.3 is 19.4 Å². The van der Waals surface area contributed by atoms with Crippen LogP contribution in [0.15, 0.2) is 24.5 Å². The van der Waals surface area contributed by atoms with Crippen LogP contribution in [-0.4, -0.2) is 60.7 Å². The fourth-order valence-electron chi connectivity index (χ4n) is 2.83. The van der Waals surface area contributed by atoms with E-state index in [2.05, 4.69) is 52.9 Å². The van der Waals surface area contributed by atoms with Gasteiger partial charge in [-0.15, -0.1) is 0 Å². The van der Waals surface area contributed by atoms with E-state index in [0.29, 0.717) is 13.2 Å². The van der Waals surface area contributed by atoms with E-state index in [1.165, 1.54) is 5.56 Å². The molecule has 2 rings (SSSR count). The molecule has 0 saturated carbocycles. The molecule has 0 fully saturated rings. The Bertz CT molecular complexity index is 670. The first-order valence-electron chi connectivity index (χ1n) is 9.13. The van der Waals surface area contributed by atoms with Crippen molar-refractivity contribution in [1.29, 1.82) is 0 Å². The molecule has 1 heterocycles. The molecule has 0 aliphatic carbocycles. The lowest BCUT2D eigenvalue weighted by Gasteiger charge is -2.24. The number of nitrogens with zero attached hydrogens (tertiary/aromatic N) is 3. The van der Waals surface area contributed by atoms with Gasteiger partial charge >= 0.3 is 0 Å². The Morgan fingerprint density at radius 2 is 1.96 bits per heavy atom. The highest BCUT2D eigenvalue weighted by atomic mass is 16.5. The maximum absolute atomic E-state index is 5.59. The normalized spacial score (nSPS) is 11.5. The lowest BCUT2D eigenvalue weighted by Crippen LogP contribution is -2.31. The molecule has 1 aromatic carbocycles. The van der Waals surface area contributed by atoms with E-state index in [9.17, 15) is 0 Å². The Balaban J connectivity index is 2.13. The largest absolute Gasteiger partial charge is 0.496 e. The van der Waals surface area contributed by atoms with Crippen molar-refractivity contribution in [3.8, 4) is 5.75 Å². The second-order valence-corrected chi connectivity index (χ2v) is 6.77. The number of methoxy groups -OCH3 is 1. The third kappa shape index (κ3) is 6.12. The van der Waals surface area contributed by atoms with Crippen molar-refractivity contribution in [2.45, 2.75) is 33.5 Å². The molecule has 0 unspecified atom stereocenters. The van der Waals surface area contributed by atoms with E-state index in [-0.39, 0.29) is 0 Å². The summed E-state index contributed by atoms with van der Waals surface area (Å²) in [7, 11) is 5.91. The van der Waals surface area contributed by atoms with E-state index in [4.69, 9.17) is 9.47 Å². The summed E-state index contributed by atoms with van der Waals surface area (Å²) in [5.41, 5.74) is 4.58. The van der Waals surface area contributed by atoms with Crippen LogP contribution in [0.4, 0.5) is 0 Å². The Morgan fingerprint density at radius 3 is 2.58 bits per heavy atom. The number of hydrogen-bond donors (Lipinski definition) is 1. The first-order chi connectivity index (χ1) is 12.5. The Kier molecular flexibility index (Phi) is 8.09. The first-order valence-corrected chi connectivity index (χ1v) is 9.13. The summed E-state index contributed by atoms with van der Waals surface area (Å²) in [6, 6.07) is 6.36. The predicted molar refractivity (Wildman–Crippen MR) is 104 cm³/mol. The van der Waals surface area contributed by atoms with Crippen molar-refractivity contribution in [3.05, 3.63) is 47.0 Å². The van der Waals surface area contributed by atoms with Crippen LogP contribution in [0.2, 0.25) is 0 Å². The maximum Gasteiger partial charge on any atom is 0.124 e. The molecule has 0 aliphatic rings. The molecule has 0 amide bonds. The molecule has 6 nitrogen and oxygen atoms in total. The summed E-state index contributed by atoms with van der Waals surface area (Å²) in [6.45, 7) is 9.02. The van der Waals surface area contributed by atoms with Gasteiger partial charge in [-0.25, -0.2) is 4.98 Å². The number of imidazole rings is 1. The third-order valence-corrected chi connectivity index (χ3v) is 4.38. The van der Waals surface area contributed by atoms with Crippen LogP contribution in [0.1, 0.15) is 29.4 Å². The fourth-order valence-corrected chi connectivity index (χ4v) is 2.83. The Labute approximate surface area is 157 Å². The smallest absolute Gasteiger partial charge is 0.124 e. The van der Waals surface area contributed by atoms with Gasteiger partial charge in [0.1, 0.15) is 5.75 Å². The monoisotopic (exact) mass is 360 g/mol. The van der Waals surface area contributed by atoms with E-state index < -0.39 is 0 Å². The van der Waals surface area contributed by atoms with Gasteiger partial charge in [-0.2, -0.15) is 0 Å². The number of benzene rings is 1. The third-order valence-electron chi connectivity index (χ3n) is 4.38. The van der Waals surface area contributed by atoms with Crippen LogP contribution >= 0.6 is 0 Å². The second-order valence-electron chi connectivity index (χ2n) is 6.77. The average molecular weight is 361 g/mol. The number of aromatic amines is 1. The lowest BCUT2D eigenvalue weighted by atomic mass is 10.1. The number of nitrogens with one attached hydrogen (secondary N) is 1. The molecule has 0 radical (unpaired) electrons. The Morgan fingerprint density at radius 1 is 1.15 bits per heavy atom. The minimum atomic E-state index is 0.573. The molecule has 6 heteroatoms. The minimum absolute atomic E-state index is 0.573. The number of H-pyrrole nitrogens is 1. The van der Waals surface area contributed by atoms with E-state index in [1.54, 1.807) is 13.4 Å². The Hall–Kier alpha value is -1.89. The van der Waals surface area contributed by atoms with Crippen molar-refractivity contribution in [3.63, 3.8) is 0 Å². The van der Waals surface area contributed by atoms with Gasteiger partial charge in [0.25, 0.3) is 0 Å². The zero-order valence-corrected chi connectivity index (χ0v) is 16.7. The summed E-state index contributed by atoms with van der Waals surface area (Å²) in [5.74, 6) is 0.880. The van der Waals surface area contributed by atoms with E-state index in [1.807, 2.05) is 13.0 Å². The highest BCUT2D eigenvalue weighted by molar-refractivity contribution is 5.37. The summed E-state index contributed by atoms with van der Waals surface area (Å²) >= 11 is 0. The number of hydrogen-bond acceptors (Lipinski definition) is 5. The van der Waals surface area contributed by atoms with Gasteiger partial charge in [-0.05, 0) is 45.6 Å². The highest BCUT2D eigenvalue weighted by Gasteiger charge is 2.13. The molecule has 0 spiro atoms. The SMILES string of the molecule is CCOCc1cc(CN(CCN(C)C)Cc2nc[nH]c2C)ccc1OC. The van der Waals surface area contributed by atoms with Gasteiger partial charge in [0.2, 0.25) is 0 Å². The minimum Gasteiger partial charge on any atom is -0.496 e. The summed E-state index contributed by atoms with van der Waals surface area (Å²) in [4.78, 5) is 12.3. The number of aromatic nitrogens is 2. The molecule has 0 saturated heterocycles. The molecule has 0 atom stereocenters. The van der Waals surface area contributed by atoms with Gasteiger partial charge in [0, 0.05) is 44.0 Å². The van der Waals surface area contributed by atoms with Crippen molar-refractivity contribution >= 4 is 0 Å². The van der Waals surface area contributed by atoms with E-state index >= 15 is 0 Å². The predicted octanol–water partition coefficient (Wildman–Crippen LogP) is 2.83. The van der Waals surface area contributed by atoms with Crippen molar-refractivity contribution in [1.82, 2.24) is 19.8 Å². The highest BCUT2D eigenvalue weighted by Crippen LogP contribution is 2.22. The van der Waals surface area contributed by atoms with Gasteiger partial charge in [-0.3, -0.25) is 4.90 Å².